The lowest BCUT2D eigenvalue weighted by molar-refractivity contribution is 0.116. The van der Waals surface area contributed by atoms with Gasteiger partial charge in [0.05, 0.1) is 6.61 Å². The van der Waals surface area contributed by atoms with Gasteiger partial charge in [-0.05, 0) is 37.0 Å². The van der Waals surface area contributed by atoms with E-state index in [4.69, 9.17) is 10.7 Å². The van der Waals surface area contributed by atoms with Gasteiger partial charge in [-0.1, -0.05) is 12.1 Å². The fraction of sp³-hybridized carbons (Fsp3) is 0.455. The molecule has 76 valence electrons. The number of aryl methyl sites for hydroxylation is 1. The van der Waals surface area contributed by atoms with Crippen LogP contribution in [0, 0.1) is 6.92 Å². The molecule has 0 aromatic heterocycles. The maximum Gasteiger partial charge on any atom is 0.118 e. The van der Waals surface area contributed by atoms with Gasteiger partial charge in [0.25, 0.3) is 0 Å². The van der Waals surface area contributed by atoms with Crippen molar-refractivity contribution in [1.29, 1.82) is 0 Å². The van der Waals surface area contributed by atoms with E-state index in [0.717, 1.165) is 24.0 Å². The van der Waals surface area contributed by atoms with Crippen LogP contribution in [0.4, 0.5) is 0 Å². The third-order valence-corrected chi connectivity index (χ3v) is 3.03. The Kier molecular flexibility index (Phi) is 2.21. The quantitative estimate of drug-likeness (QED) is 0.717. The summed E-state index contributed by atoms with van der Waals surface area (Å²) in [4.78, 5) is 4.71. The molecule has 0 amide bonds. The highest BCUT2D eigenvalue weighted by molar-refractivity contribution is 5.41. The third-order valence-electron chi connectivity index (χ3n) is 3.03. The molecular formula is C11H15NO2. The van der Waals surface area contributed by atoms with Crippen LogP contribution in [0.15, 0.2) is 18.2 Å². The van der Waals surface area contributed by atoms with Crippen LogP contribution >= 0.6 is 0 Å². The van der Waals surface area contributed by atoms with Gasteiger partial charge in [-0.25, -0.2) is 5.90 Å². The van der Waals surface area contributed by atoms with Gasteiger partial charge in [-0.2, -0.15) is 0 Å². The molecule has 0 saturated heterocycles. The number of phenols is 1. The lowest BCUT2D eigenvalue weighted by Gasteiger charge is -2.14. The van der Waals surface area contributed by atoms with Gasteiger partial charge >= 0.3 is 0 Å². The zero-order chi connectivity index (χ0) is 10.2. The van der Waals surface area contributed by atoms with E-state index in [9.17, 15) is 5.11 Å². The average Bonchev–Trinajstić information content (AvgIpc) is 2.91. The molecule has 1 aromatic carbocycles. The Morgan fingerprint density at radius 2 is 2.21 bits per heavy atom. The van der Waals surface area contributed by atoms with Crippen LogP contribution in [-0.4, -0.2) is 11.7 Å². The summed E-state index contributed by atoms with van der Waals surface area (Å²) >= 11 is 0. The smallest absolute Gasteiger partial charge is 0.118 e. The number of nitrogens with two attached hydrogens (primary N) is 1. The van der Waals surface area contributed by atoms with E-state index in [1.165, 1.54) is 0 Å². The van der Waals surface area contributed by atoms with E-state index in [0.29, 0.717) is 12.4 Å². The first-order valence-electron chi connectivity index (χ1n) is 4.80. The Morgan fingerprint density at radius 3 is 2.71 bits per heavy atom. The molecule has 0 spiro atoms. The molecule has 0 heterocycles. The van der Waals surface area contributed by atoms with Gasteiger partial charge in [-0.3, -0.25) is 0 Å². The van der Waals surface area contributed by atoms with Gasteiger partial charge in [0.2, 0.25) is 0 Å². The molecule has 1 saturated carbocycles. The molecule has 0 bridgehead atoms. The van der Waals surface area contributed by atoms with Gasteiger partial charge in [0.15, 0.2) is 0 Å². The summed E-state index contributed by atoms with van der Waals surface area (Å²) in [6, 6.07) is 5.80. The van der Waals surface area contributed by atoms with Gasteiger partial charge in [0, 0.05) is 5.41 Å². The molecule has 14 heavy (non-hydrogen) atoms. The summed E-state index contributed by atoms with van der Waals surface area (Å²) in [6.07, 6.45) is 2.18. The fourth-order valence-electron chi connectivity index (χ4n) is 1.77. The van der Waals surface area contributed by atoms with E-state index in [1.54, 1.807) is 0 Å². The molecule has 0 radical (unpaired) electrons. The van der Waals surface area contributed by atoms with E-state index >= 15 is 0 Å². The first-order valence-corrected chi connectivity index (χ1v) is 4.80. The van der Waals surface area contributed by atoms with Crippen molar-refractivity contribution in [1.82, 2.24) is 0 Å². The van der Waals surface area contributed by atoms with Crippen molar-refractivity contribution in [2.45, 2.75) is 25.2 Å². The number of phenolic OH excluding ortho intramolecular Hbond substituents is 1. The van der Waals surface area contributed by atoms with E-state index in [-0.39, 0.29) is 5.41 Å². The molecule has 0 aliphatic heterocycles. The largest absolute Gasteiger partial charge is 0.508 e. The summed E-state index contributed by atoms with van der Waals surface area (Å²) in [5, 5.41) is 9.59. The number of hydrogen-bond donors (Lipinski definition) is 2. The highest BCUT2D eigenvalue weighted by Gasteiger charge is 2.44. The van der Waals surface area contributed by atoms with Crippen LogP contribution < -0.4 is 5.90 Å². The summed E-state index contributed by atoms with van der Waals surface area (Å²) in [5.74, 6) is 5.45. The molecule has 2 rings (SSSR count). The molecule has 1 fully saturated rings. The van der Waals surface area contributed by atoms with E-state index in [2.05, 4.69) is 0 Å². The van der Waals surface area contributed by atoms with Crippen molar-refractivity contribution in [3.8, 4) is 5.75 Å². The molecule has 0 unspecified atom stereocenters. The Hall–Kier alpha value is -1.06. The second kappa shape index (κ2) is 3.26. The fourth-order valence-corrected chi connectivity index (χ4v) is 1.77. The molecule has 3 nitrogen and oxygen atoms in total. The molecule has 0 atom stereocenters. The molecule has 3 heteroatoms. The third kappa shape index (κ3) is 1.49. The van der Waals surface area contributed by atoms with Crippen LogP contribution in [0.5, 0.6) is 5.75 Å². The second-order valence-electron chi connectivity index (χ2n) is 4.09. The zero-order valence-electron chi connectivity index (χ0n) is 8.29. The van der Waals surface area contributed by atoms with Gasteiger partial charge in [-0.15, -0.1) is 0 Å². The van der Waals surface area contributed by atoms with Crippen molar-refractivity contribution < 1.29 is 9.94 Å². The molecule has 1 aliphatic rings. The number of benzene rings is 1. The van der Waals surface area contributed by atoms with Crippen molar-refractivity contribution in [3.63, 3.8) is 0 Å². The molecule has 3 N–H and O–H groups in total. The lowest BCUT2D eigenvalue weighted by Crippen LogP contribution is -2.17. The van der Waals surface area contributed by atoms with Crippen molar-refractivity contribution in [2.75, 3.05) is 6.61 Å². The minimum Gasteiger partial charge on any atom is -0.508 e. The van der Waals surface area contributed by atoms with Crippen LogP contribution in [0.2, 0.25) is 0 Å². The Labute approximate surface area is 83.5 Å². The zero-order valence-corrected chi connectivity index (χ0v) is 8.29. The summed E-state index contributed by atoms with van der Waals surface area (Å²) in [7, 11) is 0. The molecule has 1 aromatic rings. The van der Waals surface area contributed by atoms with Gasteiger partial charge < -0.3 is 9.94 Å². The highest BCUT2D eigenvalue weighted by Crippen LogP contribution is 2.48. The Morgan fingerprint density at radius 1 is 1.50 bits per heavy atom. The normalized spacial score (nSPS) is 18.1. The van der Waals surface area contributed by atoms with E-state index in [1.807, 2.05) is 25.1 Å². The molecule has 1 aliphatic carbocycles. The van der Waals surface area contributed by atoms with E-state index < -0.39 is 0 Å². The maximum absolute atomic E-state index is 9.59. The maximum atomic E-state index is 9.59. The standard InChI is InChI=1S/C11H15NO2/c1-8-2-3-9(6-10(8)13)11(4-5-11)7-14-12/h2-3,6,13H,4-5,7,12H2,1H3. The topological polar surface area (TPSA) is 55.5 Å². The molecular weight excluding hydrogens is 178 g/mol. The van der Waals surface area contributed by atoms with Crippen molar-refractivity contribution in [3.05, 3.63) is 29.3 Å². The van der Waals surface area contributed by atoms with Gasteiger partial charge in [0.1, 0.15) is 5.75 Å². The number of aromatic hydroxyl groups is 1. The van der Waals surface area contributed by atoms with Crippen LogP contribution in [0.3, 0.4) is 0 Å². The predicted octanol–water partition coefficient (Wildman–Crippen LogP) is 1.62. The number of rotatable bonds is 3. The Bertz CT molecular complexity index is 345. The van der Waals surface area contributed by atoms with Crippen LogP contribution in [-0.2, 0) is 10.3 Å². The summed E-state index contributed by atoms with van der Waals surface area (Å²) in [6.45, 7) is 2.42. The minimum absolute atomic E-state index is 0.0694. The monoisotopic (exact) mass is 193 g/mol. The first kappa shape index (κ1) is 9.49. The van der Waals surface area contributed by atoms with Crippen molar-refractivity contribution in [2.24, 2.45) is 5.90 Å². The van der Waals surface area contributed by atoms with Crippen molar-refractivity contribution >= 4 is 0 Å². The summed E-state index contributed by atoms with van der Waals surface area (Å²) < 4.78 is 0. The predicted molar refractivity (Wildman–Crippen MR) is 53.9 cm³/mol. The lowest BCUT2D eigenvalue weighted by atomic mass is 9.95. The summed E-state index contributed by atoms with van der Waals surface area (Å²) in [5.41, 5.74) is 2.10. The highest BCUT2D eigenvalue weighted by atomic mass is 16.6. The first-order chi connectivity index (χ1) is 6.68. The minimum atomic E-state index is 0.0694. The Balaban J connectivity index is 2.28. The van der Waals surface area contributed by atoms with Crippen LogP contribution in [0.1, 0.15) is 24.0 Å². The SMILES string of the molecule is Cc1ccc(C2(CON)CC2)cc1O. The second-order valence-corrected chi connectivity index (χ2v) is 4.09. The average molecular weight is 193 g/mol. The van der Waals surface area contributed by atoms with Crippen LogP contribution in [0.25, 0.3) is 0 Å². The number of hydrogen-bond acceptors (Lipinski definition) is 3.